The molecule has 0 saturated heterocycles. The minimum absolute atomic E-state index is 0.688. The van der Waals surface area contributed by atoms with Crippen LogP contribution >= 0.6 is 0 Å². The highest BCUT2D eigenvalue weighted by Gasteiger charge is 2.53. The molecule has 1 atom stereocenters. The maximum atomic E-state index is 3.69. The summed E-state index contributed by atoms with van der Waals surface area (Å²) in [6.45, 7) is 4.76. The summed E-state index contributed by atoms with van der Waals surface area (Å²) in [5, 5.41) is 3.69. The van der Waals surface area contributed by atoms with Crippen LogP contribution in [0.25, 0.3) is 0 Å². The molecule has 0 radical (unpaired) electrons. The van der Waals surface area contributed by atoms with Crippen LogP contribution in [-0.4, -0.2) is 13.1 Å². The van der Waals surface area contributed by atoms with E-state index in [1.165, 1.54) is 25.7 Å². The lowest BCUT2D eigenvalue weighted by molar-refractivity contribution is -0.0758. The van der Waals surface area contributed by atoms with Crippen molar-refractivity contribution in [2.45, 2.75) is 64.8 Å². The van der Waals surface area contributed by atoms with Crippen LogP contribution in [0.3, 0.4) is 0 Å². The highest BCUT2D eigenvalue weighted by atomic mass is 14.9. The third-order valence-corrected chi connectivity index (χ3v) is 5.88. The Labute approximate surface area is 107 Å². The minimum atomic E-state index is 0.688. The van der Waals surface area contributed by atoms with Gasteiger partial charge >= 0.3 is 0 Å². The number of hydrogen-bond donors (Lipinski definition) is 1. The first-order valence-electron chi connectivity index (χ1n) is 7.78. The van der Waals surface area contributed by atoms with Gasteiger partial charge < -0.3 is 5.32 Å². The molecule has 4 rings (SSSR count). The quantitative estimate of drug-likeness (QED) is 0.781. The second-order valence-electron chi connectivity index (χ2n) is 7.75. The Bertz CT molecular complexity index is 246. The van der Waals surface area contributed by atoms with Crippen molar-refractivity contribution in [1.29, 1.82) is 0 Å². The van der Waals surface area contributed by atoms with Gasteiger partial charge in [0.25, 0.3) is 0 Å². The summed E-state index contributed by atoms with van der Waals surface area (Å²) < 4.78 is 0. The molecule has 1 nitrogen and oxygen atoms in total. The topological polar surface area (TPSA) is 12.0 Å². The third-order valence-electron chi connectivity index (χ3n) is 5.88. The SMILES string of the molecule is CNC(CC(C)C)C12CC3CC(CC(C3)C1)C2. The van der Waals surface area contributed by atoms with Crippen LogP contribution in [0.5, 0.6) is 0 Å². The predicted molar refractivity (Wildman–Crippen MR) is 72.9 cm³/mol. The summed E-state index contributed by atoms with van der Waals surface area (Å²) in [5.41, 5.74) is 0.688. The highest BCUT2D eigenvalue weighted by Crippen LogP contribution is 2.61. The Balaban J connectivity index is 1.80. The smallest absolute Gasteiger partial charge is 0.0123 e. The van der Waals surface area contributed by atoms with Gasteiger partial charge in [0.05, 0.1) is 0 Å². The lowest BCUT2D eigenvalue weighted by Crippen LogP contribution is -2.55. The first kappa shape index (κ1) is 12.0. The molecule has 0 heterocycles. The van der Waals surface area contributed by atoms with Crippen LogP contribution in [0.4, 0.5) is 0 Å². The normalized spacial score (nSPS) is 45.5. The van der Waals surface area contributed by atoms with Gasteiger partial charge in [0, 0.05) is 6.04 Å². The molecule has 1 N–H and O–H groups in total. The van der Waals surface area contributed by atoms with E-state index in [-0.39, 0.29) is 0 Å². The second kappa shape index (κ2) is 4.26. The van der Waals surface area contributed by atoms with Crippen molar-refractivity contribution in [3.8, 4) is 0 Å². The van der Waals surface area contributed by atoms with Gasteiger partial charge in [0.1, 0.15) is 0 Å². The Morgan fingerprint density at radius 1 is 1.00 bits per heavy atom. The molecule has 0 spiro atoms. The fraction of sp³-hybridized carbons (Fsp3) is 1.00. The number of hydrogen-bond acceptors (Lipinski definition) is 1. The summed E-state index contributed by atoms with van der Waals surface area (Å²) in [7, 11) is 2.20. The number of rotatable bonds is 4. The zero-order valence-corrected chi connectivity index (χ0v) is 11.8. The van der Waals surface area contributed by atoms with Gasteiger partial charge in [-0.05, 0) is 81.1 Å². The molecule has 0 aromatic carbocycles. The highest BCUT2D eigenvalue weighted by molar-refractivity contribution is 5.06. The van der Waals surface area contributed by atoms with E-state index < -0.39 is 0 Å². The summed E-state index contributed by atoms with van der Waals surface area (Å²) in [4.78, 5) is 0. The Kier molecular flexibility index (Phi) is 3.01. The van der Waals surface area contributed by atoms with E-state index in [2.05, 4.69) is 26.2 Å². The molecule has 0 aromatic rings. The molecule has 17 heavy (non-hydrogen) atoms. The summed E-state index contributed by atoms with van der Waals surface area (Å²) >= 11 is 0. The number of nitrogens with one attached hydrogen (secondary N) is 1. The van der Waals surface area contributed by atoms with Crippen molar-refractivity contribution in [3.63, 3.8) is 0 Å². The standard InChI is InChI=1S/C16H29N/c1-11(2)4-15(17-3)16-8-12-5-13(9-16)7-14(6-12)10-16/h11-15,17H,4-10H2,1-3H3. The molecular weight excluding hydrogens is 206 g/mol. The van der Waals surface area contributed by atoms with Crippen molar-refractivity contribution in [2.24, 2.45) is 29.1 Å². The summed E-state index contributed by atoms with van der Waals surface area (Å²) in [6, 6.07) is 0.788. The van der Waals surface area contributed by atoms with Crippen molar-refractivity contribution in [3.05, 3.63) is 0 Å². The third kappa shape index (κ3) is 2.05. The summed E-state index contributed by atoms with van der Waals surface area (Å²) in [5.74, 6) is 4.10. The molecule has 4 saturated carbocycles. The average Bonchev–Trinajstić information content (AvgIpc) is 2.23. The van der Waals surface area contributed by atoms with Crippen LogP contribution in [0.1, 0.15) is 58.8 Å². The van der Waals surface area contributed by atoms with Crippen molar-refractivity contribution in [1.82, 2.24) is 5.32 Å². The first-order valence-corrected chi connectivity index (χ1v) is 7.78. The van der Waals surface area contributed by atoms with Crippen LogP contribution < -0.4 is 5.32 Å². The van der Waals surface area contributed by atoms with Gasteiger partial charge in [-0.3, -0.25) is 0 Å². The minimum Gasteiger partial charge on any atom is -0.316 e. The fourth-order valence-corrected chi connectivity index (χ4v) is 5.75. The molecule has 4 aliphatic carbocycles. The first-order chi connectivity index (χ1) is 8.11. The molecule has 0 amide bonds. The molecular formula is C16H29N. The second-order valence-corrected chi connectivity index (χ2v) is 7.75. The van der Waals surface area contributed by atoms with E-state index in [0.29, 0.717) is 5.41 Å². The lowest BCUT2D eigenvalue weighted by atomic mass is 9.47. The molecule has 1 heteroatoms. The van der Waals surface area contributed by atoms with Crippen molar-refractivity contribution in [2.75, 3.05) is 7.05 Å². The van der Waals surface area contributed by atoms with Crippen LogP contribution in [0, 0.1) is 29.1 Å². The largest absolute Gasteiger partial charge is 0.316 e. The van der Waals surface area contributed by atoms with E-state index in [4.69, 9.17) is 0 Å². The van der Waals surface area contributed by atoms with Crippen LogP contribution in [0.2, 0.25) is 0 Å². The zero-order valence-electron chi connectivity index (χ0n) is 11.8. The van der Waals surface area contributed by atoms with Gasteiger partial charge in [-0.2, -0.15) is 0 Å². The zero-order chi connectivity index (χ0) is 12.0. The maximum Gasteiger partial charge on any atom is 0.0123 e. The van der Waals surface area contributed by atoms with Gasteiger partial charge in [-0.1, -0.05) is 13.8 Å². The van der Waals surface area contributed by atoms with Gasteiger partial charge in [0.2, 0.25) is 0 Å². The van der Waals surface area contributed by atoms with Crippen molar-refractivity contribution < 1.29 is 0 Å². The van der Waals surface area contributed by atoms with Crippen LogP contribution in [-0.2, 0) is 0 Å². The molecule has 4 bridgehead atoms. The van der Waals surface area contributed by atoms with Gasteiger partial charge in [-0.15, -0.1) is 0 Å². The maximum absolute atomic E-state index is 3.69. The van der Waals surface area contributed by atoms with E-state index in [1.54, 1.807) is 19.3 Å². The Morgan fingerprint density at radius 3 is 1.82 bits per heavy atom. The van der Waals surface area contributed by atoms with Crippen LogP contribution in [0.15, 0.2) is 0 Å². The van der Waals surface area contributed by atoms with E-state index in [1.807, 2.05) is 0 Å². The molecule has 0 aliphatic heterocycles. The van der Waals surface area contributed by atoms with Gasteiger partial charge in [0.15, 0.2) is 0 Å². The summed E-state index contributed by atoms with van der Waals surface area (Å²) in [6.07, 6.45) is 10.7. The van der Waals surface area contributed by atoms with E-state index >= 15 is 0 Å². The molecule has 4 aliphatic rings. The molecule has 4 fully saturated rings. The lowest BCUT2D eigenvalue weighted by Gasteiger charge is -2.59. The predicted octanol–water partition coefficient (Wildman–Crippen LogP) is 3.84. The van der Waals surface area contributed by atoms with E-state index in [0.717, 1.165) is 29.7 Å². The average molecular weight is 235 g/mol. The Morgan fingerprint density at radius 2 is 1.47 bits per heavy atom. The fourth-order valence-electron chi connectivity index (χ4n) is 5.75. The van der Waals surface area contributed by atoms with E-state index in [9.17, 15) is 0 Å². The molecule has 0 aromatic heterocycles. The molecule has 1 unspecified atom stereocenters. The van der Waals surface area contributed by atoms with Gasteiger partial charge in [-0.25, -0.2) is 0 Å². The van der Waals surface area contributed by atoms with Crippen molar-refractivity contribution >= 4 is 0 Å². The Hall–Kier alpha value is -0.0400. The molecule has 98 valence electrons. The monoisotopic (exact) mass is 235 g/mol.